The molecule has 0 fully saturated rings. The van der Waals surface area contributed by atoms with Crippen LogP contribution in [-0.2, 0) is 15.1 Å². The number of halogens is 1. The van der Waals surface area contributed by atoms with Crippen LogP contribution in [0.5, 0.6) is 0 Å². The molecule has 112 valence electrons. The predicted molar refractivity (Wildman–Crippen MR) is 87.5 cm³/mol. The second-order valence-electron chi connectivity index (χ2n) is 5.19. The Morgan fingerprint density at radius 1 is 1.35 bits per heavy atom. The van der Waals surface area contributed by atoms with E-state index in [1.807, 2.05) is 38.1 Å². The average molecular weight is 391 g/mol. The third kappa shape index (κ3) is 3.25. The number of rotatable bonds is 6. The van der Waals surface area contributed by atoms with Crippen LogP contribution >= 0.6 is 22.6 Å². The Balaban J connectivity index is 3.43. The molecule has 1 amide bonds. The van der Waals surface area contributed by atoms with Gasteiger partial charge in [0.1, 0.15) is 11.2 Å². The van der Waals surface area contributed by atoms with Crippen molar-refractivity contribution in [1.29, 1.82) is 0 Å². The molecule has 0 unspecified atom stereocenters. The highest BCUT2D eigenvalue weighted by Gasteiger charge is 2.50. The van der Waals surface area contributed by atoms with Gasteiger partial charge in [-0.3, -0.25) is 0 Å². The summed E-state index contributed by atoms with van der Waals surface area (Å²) in [7, 11) is 1.64. The van der Waals surface area contributed by atoms with E-state index in [-0.39, 0.29) is 0 Å². The van der Waals surface area contributed by atoms with Crippen LogP contribution < -0.4 is 5.73 Å². The summed E-state index contributed by atoms with van der Waals surface area (Å²) in [6.07, 6.45) is 0.826. The van der Waals surface area contributed by atoms with Crippen molar-refractivity contribution in [1.82, 2.24) is 0 Å². The highest BCUT2D eigenvalue weighted by Crippen LogP contribution is 2.44. The van der Waals surface area contributed by atoms with E-state index in [0.717, 1.165) is 22.0 Å². The van der Waals surface area contributed by atoms with Gasteiger partial charge < -0.3 is 15.2 Å². The molecule has 2 N–H and O–H groups in total. The number of hydrogen-bond acceptors (Lipinski definition) is 3. The second kappa shape index (κ2) is 6.76. The SMILES string of the molecule is CCC[C@](OC)(c1ccccc1I)C(C)(C)OC(N)=O. The molecule has 1 rings (SSSR count). The van der Waals surface area contributed by atoms with Gasteiger partial charge in [0, 0.05) is 16.2 Å². The van der Waals surface area contributed by atoms with E-state index >= 15 is 0 Å². The maximum Gasteiger partial charge on any atom is 0.405 e. The zero-order chi connectivity index (χ0) is 15.4. The van der Waals surface area contributed by atoms with Gasteiger partial charge in [-0.15, -0.1) is 0 Å². The Kier molecular flexibility index (Phi) is 5.82. The number of nitrogens with two attached hydrogens (primary N) is 1. The van der Waals surface area contributed by atoms with Gasteiger partial charge in [-0.25, -0.2) is 4.79 Å². The summed E-state index contributed by atoms with van der Waals surface area (Å²) in [5.74, 6) is 0. The fourth-order valence-electron chi connectivity index (χ4n) is 2.69. The molecule has 0 aliphatic carbocycles. The zero-order valence-corrected chi connectivity index (χ0v) is 14.6. The number of primary amides is 1. The third-order valence-corrected chi connectivity index (χ3v) is 4.53. The summed E-state index contributed by atoms with van der Waals surface area (Å²) in [6, 6.07) is 7.95. The molecule has 4 nitrogen and oxygen atoms in total. The molecule has 0 bridgehead atoms. The number of methoxy groups -OCH3 is 1. The molecule has 1 aromatic rings. The Bertz CT molecular complexity index is 476. The number of hydrogen-bond donors (Lipinski definition) is 1. The van der Waals surface area contributed by atoms with E-state index in [4.69, 9.17) is 15.2 Å². The van der Waals surface area contributed by atoms with Crippen LogP contribution in [0.4, 0.5) is 4.79 Å². The van der Waals surface area contributed by atoms with Crippen molar-refractivity contribution >= 4 is 28.7 Å². The zero-order valence-electron chi connectivity index (χ0n) is 12.4. The number of amides is 1. The van der Waals surface area contributed by atoms with E-state index in [1.165, 1.54) is 0 Å². The highest BCUT2D eigenvalue weighted by atomic mass is 127. The van der Waals surface area contributed by atoms with E-state index in [1.54, 1.807) is 7.11 Å². The first-order chi connectivity index (χ1) is 9.30. The average Bonchev–Trinajstić information content (AvgIpc) is 2.35. The molecule has 1 atom stereocenters. The molecule has 0 aliphatic rings. The number of carbonyl (C=O) groups is 1. The first kappa shape index (κ1) is 17.2. The van der Waals surface area contributed by atoms with E-state index in [9.17, 15) is 4.79 Å². The minimum absolute atomic E-state index is 0.726. The van der Waals surface area contributed by atoms with Crippen LogP contribution in [0.1, 0.15) is 39.2 Å². The van der Waals surface area contributed by atoms with Crippen LogP contribution in [0, 0.1) is 3.57 Å². The van der Waals surface area contributed by atoms with Gasteiger partial charge in [0.15, 0.2) is 0 Å². The molecule has 0 aromatic heterocycles. The van der Waals surface area contributed by atoms with Crippen molar-refractivity contribution in [2.24, 2.45) is 5.73 Å². The smallest absolute Gasteiger partial charge is 0.405 e. The topological polar surface area (TPSA) is 61.6 Å². The fourth-order valence-corrected chi connectivity index (χ4v) is 3.52. The lowest BCUT2D eigenvalue weighted by atomic mass is 9.76. The summed E-state index contributed by atoms with van der Waals surface area (Å²) in [5.41, 5.74) is 4.64. The van der Waals surface area contributed by atoms with Crippen LogP contribution in [0.2, 0.25) is 0 Å². The van der Waals surface area contributed by atoms with E-state index in [0.29, 0.717) is 0 Å². The molecular formula is C15H22INO3. The van der Waals surface area contributed by atoms with Crippen LogP contribution in [0.15, 0.2) is 24.3 Å². The third-order valence-electron chi connectivity index (χ3n) is 3.59. The van der Waals surface area contributed by atoms with Crippen molar-refractivity contribution in [3.8, 4) is 0 Å². The molecule has 0 saturated carbocycles. The molecule has 5 heteroatoms. The Morgan fingerprint density at radius 3 is 2.40 bits per heavy atom. The summed E-state index contributed by atoms with van der Waals surface area (Å²) in [4.78, 5) is 11.2. The largest absolute Gasteiger partial charge is 0.440 e. The molecule has 0 radical (unpaired) electrons. The molecule has 0 heterocycles. The summed E-state index contributed by atoms with van der Waals surface area (Å²) < 4.78 is 12.3. The van der Waals surface area contributed by atoms with E-state index < -0.39 is 17.3 Å². The van der Waals surface area contributed by atoms with Crippen molar-refractivity contribution < 1.29 is 14.3 Å². The number of benzene rings is 1. The molecule has 0 saturated heterocycles. The van der Waals surface area contributed by atoms with Gasteiger partial charge >= 0.3 is 6.09 Å². The quantitative estimate of drug-likeness (QED) is 0.751. The van der Waals surface area contributed by atoms with Crippen LogP contribution in [-0.4, -0.2) is 18.8 Å². The minimum atomic E-state index is -0.870. The van der Waals surface area contributed by atoms with Crippen molar-refractivity contribution in [2.45, 2.75) is 44.8 Å². The normalized spacial score (nSPS) is 14.7. The van der Waals surface area contributed by atoms with Crippen molar-refractivity contribution in [3.63, 3.8) is 0 Å². The lowest BCUT2D eigenvalue weighted by Gasteiger charge is -2.45. The minimum Gasteiger partial charge on any atom is -0.440 e. The van der Waals surface area contributed by atoms with Crippen molar-refractivity contribution in [2.75, 3.05) is 7.11 Å². The summed E-state index contributed by atoms with van der Waals surface area (Å²) in [6.45, 7) is 5.74. The van der Waals surface area contributed by atoms with E-state index in [2.05, 4.69) is 29.5 Å². The van der Waals surface area contributed by atoms with Crippen LogP contribution in [0.3, 0.4) is 0 Å². The lowest BCUT2D eigenvalue weighted by molar-refractivity contribution is -0.163. The Morgan fingerprint density at radius 2 is 1.95 bits per heavy atom. The standard InChI is InChI=1S/C15H22INO3/c1-5-10-15(19-4,14(2,3)20-13(17)18)11-8-6-7-9-12(11)16/h6-9H,5,10H2,1-4H3,(H2,17,18)/t15-/m0/s1. The fraction of sp³-hybridized carbons (Fsp3) is 0.533. The molecule has 0 spiro atoms. The summed E-state index contributed by atoms with van der Waals surface area (Å²) >= 11 is 2.27. The lowest BCUT2D eigenvalue weighted by Crippen LogP contribution is -2.52. The predicted octanol–water partition coefficient (Wildman–Crippen LogP) is 3.81. The van der Waals surface area contributed by atoms with Gasteiger partial charge in [-0.2, -0.15) is 0 Å². The monoisotopic (exact) mass is 391 g/mol. The van der Waals surface area contributed by atoms with Gasteiger partial charge in [0.05, 0.1) is 0 Å². The molecular weight excluding hydrogens is 369 g/mol. The molecule has 0 aliphatic heterocycles. The highest BCUT2D eigenvalue weighted by molar-refractivity contribution is 14.1. The molecule has 1 aromatic carbocycles. The maximum absolute atomic E-state index is 11.2. The van der Waals surface area contributed by atoms with Gasteiger partial charge in [0.25, 0.3) is 0 Å². The Hall–Kier alpha value is -0.820. The number of ether oxygens (including phenoxy) is 2. The van der Waals surface area contributed by atoms with Gasteiger partial charge in [-0.05, 0) is 48.9 Å². The van der Waals surface area contributed by atoms with Crippen molar-refractivity contribution in [3.05, 3.63) is 33.4 Å². The van der Waals surface area contributed by atoms with Gasteiger partial charge in [-0.1, -0.05) is 31.5 Å². The second-order valence-corrected chi connectivity index (χ2v) is 6.35. The first-order valence-electron chi connectivity index (χ1n) is 6.59. The number of carbonyl (C=O) groups excluding carboxylic acids is 1. The van der Waals surface area contributed by atoms with Crippen LogP contribution in [0.25, 0.3) is 0 Å². The molecule has 20 heavy (non-hydrogen) atoms. The maximum atomic E-state index is 11.2. The first-order valence-corrected chi connectivity index (χ1v) is 7.67. The summed E-state index contributed by atoms with van der Waals surface area (Å²) in [5, 5.41) is 0. The van der Waals surface area contributed by atoms with Gasteiger partial charge in [0.2, 0.25) is 0 Å². The Labute approximate surface area is 134 Å².